The lowest BCUT2D eigenvalue weighted by Crippen LogP contribution is -2.33. The van der Waals surface area contributed by atoms with Gasteiger partial charge in [0, 0.05) is 6.54 Å². The minimum atomic E-state index is -3.22. The topological polar surface area (TPSA) is 49.4 Å². The average molecular weight is 298 g/mol. The van der Waals surface area contributed by atoms with E-state index in [1.54, 1.807) is 0 Å². The molecule has 0 aliphatic rings. The van der Waals surface area contributed by atoms with Crippen LogP contribution in [-0.4, -0.2) is 33.8 Å². The molecule has 0 spiro atoms. The van der Waals surface area contributed by atoms with E-state index in [2.05, 4.69) is 5.32 Å². The Hall–Kier alpha value is -1.07. The van der Waals surface area contributed by atoms with Crippen molar-refractivity contribution in [1.82, 2.24) is 5.32 Å². The zero-order valence-electron chi connectivity index (χ0n) is 12.7. The molecule has 0 saturated heterocycles. The maximum atomic E-state index is 12.4. The van der Waals surface area contributed by atoms with E-state index in [1.807, 2.05) is 45.0 Å². The maximum absolute atomic E-state index is 12.4. The van der Waals surface area contributed by atoms with Crippen LogP contribution >= 0.6 is 0 Å². The van der Waals surface area contributed by atoms with Crippen LogP contribution in [0.1, 0.15) is 32.3 Å². The average Bonchev–Trinajstić information content (AvgIpc) is 2.39. The van der Waals surface area contributed by atoms with Gasteiger partial charge < -0.3 is 5.32 Å². The van der Waals surface area contributed by atoms with Gasteiger partial charge >= 0.3 is 0 Å². The molecule has 1 N–H and O–H groups in total. The molecule has 0 fully saturated rings. The van der Waals surface area contributed by atoms with Crippen molar-refractivity contribution in [3.63, 3.8) is 0 Å². The van der Waals surface area contributed by atoms with E-state index in [0.717, 1.165) is 30.8 Å². The molecular formula is C15H26N2O2S. The molecule has 0 radical (unpaired) electrons. The van der Waals surface area contributed by atoms with Gasteiger partial charge in [-0.25, -0.2) is 8.42 Å². The number of hydrogen-bond acceptors (Lipinski definition) is 3. The fraction of sp³-hybridized carbons (Fsp3) is 0.600. The lowest BCUT2D eigenvalue weighted by atomic mass is 10.2. The first-order valence-electron chi connectivity index (χ1n) is 7.29. The first-order chi connectivity index (χ1) is 9.51. The van der Waals surface area contributed by atoms with Crippen LogP contribution in [0.4, 0.5) is 5.69 Å². The van der Waals surface area contributed by atoms with Gasteiger partial charge in [0.05, 0.1) is 11.4 Å². The van der Waals surface area contributed by atoms with E-state index in [1.165, 1.54) is 4.31 Å². The van der Waals surface area contributed by atoms with Crippen molar-refractivity contribution in [2.75, 3.05) is 29.7 Å². The highest BCUT2D eigenvalue weighted by Crippen LogP contribution is 2.20. The molecule has 0 aliphatic carbocycles. The van der Waals surface area contributed by atoms with Gasteiger partial charge in [-0.2, -0.15) is 0 Å². The van der Waals surface area contributed by atoms with Gasteiger partial charge in [-0.05, 0) is 57.5 Å². The summed E-state index contributed by atoms with van der Waals surface area (Å²) in [6, 6.07) is 7.64. The standard InChI is InChI=1S/C15H26N2O2S/c1-4-16-11-6-7-12-20(18,19)17(5-2)15-10-8-9-14(3)13-15/h8-10,13,16H,4-7,11-12H2,1-3H3. The largest absolute Gasteiger partial charge is 0.317 e. The van der Waals surface area contributed by atoms with E-state index >= 15 is 0 Å². The van der Waals surface area contributed by atoms with Crippen LogP contribution in [0.3, 0.4) is 0 Å². The SMILES string of the molecule is CCNCCCCS(=O)(=O)N(CC)c1cccc(C)c1. The number of rotatable bonds is 9. The highest BCUT2D eigenvalue weighted by molar-refractivity contribution is 7.92. The summed E-state index contributed by atoms with van der Waals surface area (Å²) in [4.78, 5) is 0. The molecule has 0 aromatic heterocycles. The molecule has 0 atom stereocenters. The smallest absolute Gasteiger partial charge is 0.235 e. The number of aryl methyl sites for hydroxylation is 1. The van der Waals surface area contributed by atoms with E-state index in [0.29, 0.717) is 13.0 Å². The van der Waals surface area contributed by atoms with Crippen molar-refractivity contribution in [3.05, 3.63) is 29.8 Å². The fourth-order valence-electron chi connectivity index (χ4n) is 2.14. The van der Waals surface area contributed by atoms with Crippen LogP contribution in [0.2, 0.25) is 0 Å². The Labute approximate surface area is 123 Å². The number of sulfonamides is 1. The van der Waals surface area contributed by atoms with Gasteiger partial charge in [-0.15, -0.1) is 0 Å². The lowest BCUT2D eigenvalue weighted by molar-refractivity contribution is 0.584. The number of nitrogens with zero attached hydrogens (tertiary/aromatic N) is 1. The Balaban J connectivity index is 2.68. The molecule has 1 rings (SSSR count). The van der Waals surface area contributed by atoms with Gasteiger partial charge in [-0.3, -0.25) is 4.31 Å². The highest BCUT2D eigenvalue weighted by Gasteiger charge is 2.20. The first-order valence-corrected chi connectivity index (χ1v) is 8.90. The van der Waals surface area contributed by atoms with Crippen molar-refractivity contribution >= 4 is 15.7 Å². The summed E-state index contributed by atoms with van der Waals surface area (Å²) in [5.41, 5.74) is 1.84. The summed E-state index contributed by atoms with van der Waals surface area (Å²) in [6.45, 7) is 8.17. The molecule has 5 heteroatoms. The van der Waals surface area contributed by atoms with Crippen molar-refractivity contribution in [1.29, 1.82) is 0 Å². The predicted octanol–water partition coefficient (Wildman–Crippen LogP) is 2.54. The molecule has 0 saturated carbocycles. The Morgan fingerprint density at radius 2 is 1.95 bits per heavy atom. The first kappa shape index (κ1) is 17.0. The monoisotopic (exact) mass is 298 g/mol. The zero-order valence-corrected chi connectivity index (χ0v) is 13.5. The molecule has 114 valence electrons. The Bertz CT molecular complexity index is 500. The van der Waals surface area contributed by atoms with Crippen LogP contribution in [0.25, 0.3) is 0 Å². The summed E-state index contributed by atoms with van der Waals surface area (Å²) >= 11 is 0. The van der Waals surface area contributed by atoms with Crippen LogP contribution in [-0.2, 0) is 10.0 Å². The zero-order chi connectivity index (χ0) is 15.0. The van der Waals surface area contributed by atoms with Gasteiger partial charge in [-0.1, -0.05) is 19.1 Å². The molecule has 0 bridgehead atoms. The summed E-state index contributed by atoms with van der Waals surface area (Å²) in [6.07, 6.45) is 1.58. The van der Waals surface area contributed by atoms with Gasteiger partial charge in [0.15, 0.2) is 0 Å². The Kier molecular flexibility index (Phi) is 7.02. The lowest BCUT2D eigenvalue weighted by Gasteiger charge is -2.23. The minimum absolute atomic E-state index is 0.209. The van der Waals surface area contributed by atoms with E-state index in [4.69, 9.17) is 0 Å². The molecule has 4 nitrogen and oxygen atoms in total. The number of anilines is 1. The summed E-state index contributed by atoms with van der Waals surface area (Å²) < 4.78 is 26.3. The summed E-state index contributed by atoms with van der Waals surface area (Å²) in [5.74, 6) is 0.209. The van der Waals surface area contributed by atoms with E-state index < -0.39 is 10.0 Å². The second-order valence-electron chi connectivity index (χ2n) is 4.88. The number of hydrogen-bond donors (Lipinski definition) is 1. The second kappa shape index (κ2) is 8.27. The number of unbranched alkanes of at least 4 members (excludes halogenated alkanes) is 1. The second-order valence-corrected chi connectivity index (χ2v) is 6.89. The normalized spacial score (nSPS) is 11.6. The van der Waals surface area contributed by atoms with Crippen LogP contribution in [0, 0.1) is 6.92 Å². The highest BCUT2D eigenvalue weighted by atomic mass is 32.2. The summed E-state index contributed by atoms with van der Waals surface area (Å²) in [7, 11) is -3.22. The van der Waals surface area contributed by atoms with Crippen molar-refractivity contribution < 1.29 is 8.42 Å². The number of benzene rings is 1. The minimum Gasteiger partial charge on any atom is -0.317 e. The Morgan fingerprint density at radius 1 is 1.20 bits per heavy atom. The summed E-state index contributed by atoms with van der Waals surface area (Å²) in [5, 5.41) is 3.21. The molecule has 1 aromatic rings. The quantitative estimate of drug-likeness (QED) is 0.713. The van der Waals surface area contributed by atoms with Crippen molar-refractivity contribution in [3.8, 4) is 0 Å². The molecule has 0 heterocycles. The third-order valence-corrected chi connectivity index (χ3v) is 5.11. The number of nitrogens with one attached hydrogen (secondary N) is 1. The van der Waals surface area contributed by atoms with Gasteiger partial charge in [0.2, 0.25) is 10.0 Å². The molecule has 0 unspecified atom stereocenters. The van der Waals surface area contributed by atoms with E-state index in [-0.39, 0.29) is 5.75 Å². The van der Waals surface area contributed by atoms with E-state index in [9.17, 15) is 8.42 Å². The van der Waals surface area contributed by atoms with Crippen LogP contribution in [0.5, 0.6) is 0 Å². The predicted molar refractivity (Wildman–Crippen MR) is 85.8 cm³/mol. The molecule has 0 amide bonds. The molecule has 0 aliphatic heterocycles. The Morgan fingerprint density at radius 3 is 2.55 bits per heavy atom. The van der Waals surface area contributed by atoms with Crippen molar-refractivity contribution in [2.45, 2.75) is 33.6 Å². The van der Waals surface area contributed by atoms with Crippen molar-refractivity contribution in [2.24, 2.45) is 0 Å². The molecule has 1 aromatic carbocycles. The third kappa shape index (κ3) is 5.13. The molecule has 20 heavy (non-hydrogen) atoms. The maximum Gasteiger partial charge on any atom is 0.235 e. The van der Waals surface area contributed by atoms with Gasteiger partial charge in [0.1, 0.15) is 0 Å². The fourth-order valence-corrected chi connectivity index (χ4v) is 3.76. The van der Waals surface area contributed by atoms with Crippen LogP contribution < -0.4 is 9.62 Å². The third-order valence-electron chi connectivity index (χ3n) is 3.17. The van der Waals surface area contributed by atoms with Gasteiger partial charge in [0.25, 0.3) is 0 Å². The van der Waals surface area contributed by atoms with Crippen LogP contribution in [0.15, 0.2) is 24.3 Å². The molecular weight excluding hydrogens is 272 g/mol.